The van der Waals surface area contributed by atoms with Crippen LogP contribution in [0.4, 0.5) is 5.69 Å². The molecule has 32 heavy (non-hydrogen) atoms. The van der Waals surface area contributed by atoms with Crippen LogP contribution in [-0.4, -0.2) is 43.4 Å². The van der Waals surface area contributed by atoms with Gasteiger partial charge >= 0.3 is 4.87 Å². The topological polar surface area (TPSA) is 79.7 Å². The fourth-order valence-corrected chi connectivity index (χ4v) is 6.67. The van der Waals surface area contributed by atoms with Gasteiger partial charge in [-0.05, 0) is 56.5 Å². The number of carbonyl (C=O) groups is 1. The summed E-state index contributed by atoms with van der Waals surface area (Å²) in [6, 6.07) is 13.7. The van der Waals surface area contributed by atoms with E-state index in [0.29, 0.717) is 29.0 Å². The van der Waals surface area contributed by atoms with Crippen LogP contribution >= 0.6 is 11.3 Å². The number of aryl methyl sites for hydroxylation is 1. The van der Waals surface area contributed by atoms with Gasteiger partial charge in [0.1, 0.15) is 0 Å². The molecule has 0 saturated carbocycles. The number of nitrogens with zero attached hydrogens (tertiary/aromatic N) is 3. The van der Waals surface area contributed by atoms with Crippen molar-refractivity contribution in [2.45, 2.75) is 44.0 Å². The first-order chi connectivity index (χ1) is 15.4. The number of piperidine rings is 1. The summed E-state index contributed by atoms with van der Waals surface area (Å²) < 4.78 is 30.1. The SMILES string of the molecule is CCN(c1ccccc1)S(=O)(=O)c1ccc2c(c1)sc(=O)n2CCC(=O)N1CCCCC1. The minimum atomic E-state index is -3.77. The summed E-state index contributed by atoms with van der Waals surface area (Å²) >= 11 is 1.01. The molecule has 0 aliphatic carbocycles. The summed E-state index contributed by atoms with van der Waals surface area (Å²) in [6.07, 6.45) is 3.48. The first-order valence-corrected chi connectivity index (χ1v) is 13.2. The van der Waals surface area contributed by atoms with Crippen LogP contribution in [0, 0.1) is 0 Å². The molecular formula is C23H27N3O4S2. The van der Waals surface area contributed by atoms with Gasteiger partial charge in [-0.2, -0.15) is 0 Å². The van der Waals surface area contributed by atoms with Gasteiger partial charge < -0.3 is 4.90 Å². The van der Waals surface area contributed by atoms with Crippen LogP contribution in [-0.2, 0) is 21.4 Å². The summed E-state index contributed by atoms with van der Waals surface area (Å²) in [5, 5.41) is 0. The molecule has 1 fully saturated rings. The van der Waals surface area contributed by atoms with E-state index in [1.165, 1.54) is 4.31 Å². The molecule has 7 nitrogen and oxygen atoms in total. The maximum atomic E-state index is 13.3. The highest BCUT2D eigenvalue weighted by molar-refractivity contribution is 7.92. The summed E-state index contributed by atoms with van der Waals surface area (Å²) in [7, 11) is -3.77. The second kappa shape index (κ2) is 9.46. The monoisotopic (exact) mass is 473 g/mol. The standard InChI is InChI=1S/C23H27N3O4S2/c1-2-26(18-9-5-3-6-10-18)32(29,30)19-11-12-20-21(17-19)31-23(28)25(20)16-13-22(27)24-14-7-4-8-15-24/h3,5-6,9-12,17H,2,4,7-8,13-16H2,1H3. The molecule has 0 unspecified atom stereocenters. The van der Waals surface area contributed by atoms with Crippen molar-refractivity contribution in [3.05, 3.63) is 58.2 Å². The maximum Gasteiger partial charge on any atom is 0.308 e. The molecule has 0 radical (unpaired) electrons. The van der Waals surface area contributed by atoms with Crippen molar-refractivity contribution >= 4 is 43.2 Å². The van der Waals surface area contributed by atoms with E-state index >= 15 is 0 Å². The number of benzene rings is 2. The van der Waals surface area contributed by atoms with Crippen molar-refractivity contribution in [3.8, 4) is 0 Å². The van der Waals surface area contributed by atoms with Crippen molar-refractivity contribution in [1.82, 2.24) is 9.47 Å². The zero-order chi connectivity index (χ0) is 22.7. The quantitative estimate of drug-likeness (QED) is 0.524. The van der Waals surface area contributed by atoms with E-state index in [1.807, 2.05) is 11.0 Å². The van der Waals surface area contributed by atoms with Crippen molar-refractivity contribution in [3.63, 3.8) is 0 Å². The number of aromatic nitrogens is 1. The Morgan fingerprint density at radius 2 is 1.78 bits per heavy atom. The minimum absolute atomic E-state index is 0.0663. The van der Waals surface area contributed by atoms with Gasteiger partial charge in [0.05, 0.1) is 20.8 Å². The van der Waals surface area contributed by atoms with Crippen LogP contribution in [0.3, 0.4) is 0 Å². The molecule has 2 aromatic carbocycles. The van der Waals surface area contributed by atoms with Gasteiger partial charge in [-0.15, -0.1) is 0 Å². The van der Waals surface area contributed by atoms with Gasteiger partial charge in [-0.1, -0.05) is 29.5 Å². The second-order valence-electron chi connectivity index (χ2n) is 7.85. The molecule has 0 atom stereocenters. The molecule has 9 heteroatoms. The lowest BCUT2D eigenvalue weighted by Gasteiger charge is -2.26. The number of anilines is 1. The number of hydrogen-bond donors (Lipinski definition) is 0. The molecule has 3 aromatic rings. The van der Waals surface area contributed by atoms with Gasteiger partial charge in [0.2, 0.25) is 5.91 Å². The Hall–Kier alpha value is -2.65. The molecule has 1 aromatic heterocycles. The zero-order valence-corrected chi connectivity index (χ0v) is 19.7. The van der Waals surface area contributed by atoms with E-state index in [9.17, 15) is 18.0 Å². The number of sulfonamides is 1. The van der Waals surface area contributed by atoms with E-state index in [4.69, 9.17) is 0 Å². The molecule has 1 aliphatic heterocycles. The number of amides is 1. The van der Waals surface area contributed by atoms with Gasteiger partial charge in [0.15, 0.2) is 0 Å². The van der Waals surface area contributed by atoms with Crippen molar-refractivity contribution in [1.29, 1.82) is 0 Å². The predicted molar refractivity (Wildman–Crippen MR) is 128 cm³/mol. The van der Waals surface area contributed by atoms with Crippen LogP contribution in [0.15, 0.2) is 58.2 Å². The average molecular weight is 474 g/mol. The summed E-state index contributed by atoms with van der Waals surface area (Å²) in [5.74, 6) is 0.0663. The molecule has 4 rings (SSSR count). The van der Waals surface area contributed by atoms with Crippen LogP contribution in [0.1, 0.15) is 32.6 Å². The number of likely N-dealkylation sites (tertiary alicyclic amines) is 1. The second-order valence-corrected chi connectivity index (χ2v) is 10.7. The number of carbonyl (C=O) groups excluding carboxylic acids is 1. The Balaban J connectivity index is 1.59. The molecular weight excluding hydrogens is 446 g/mol. The van der Waals surface area contributed by atoms with Crippen molar-refractivity contribution < 1.29 is 13.2 Å². The Kier molecular flexibility index (Phi) is 6.66. The smallest absolute Gasteiger partial charge is 0.308 e. The van der Waals surface area contributed by atoms with Gasteiger partial charge in [-0.25, -0.2) is 8.42 Å². The van der Waals surface area contributed by atoms with Gasteiger partial charge in [0, 0.05) is 32.6 Å². The fraction of sp³-hybridized carbons (Fsp3) is 0.391. The molecule has 170 valence electrons. The minimum Gasteiger partial charge on any atom is -0.343 e. The Bertz CT molecular complexity index is 1260. The van der Waals surface area contributed by atoms with E-state index in [2.05, 4.69) is 0 Å². The third kappa shape index (κ3) is 4.45. The van der Waals surface area contributed by atoms with E-state index < -0.39 is 10.0 Å². The summed E-state index contributed by atoms with van der Waals surface area (Å²) in [5.41, 5.74) is 1.25. The Labute approximate surface area is 191 Å². The number of para-hydroxylation sites is 1. The van der Waals surface area contributed by atoms with E-state index in [0.717, 1.165) is 43.7 Å². The normalized spacial score (nSPS) is 14.6. The number of fused-ring (bicyclic) bond motifs is 1. The summed E-state index contributed by atoms with van der Waals surface area (Å²) in [4.78, 5) is 26.9. The van der Waals surface area contributed by atoms with Gasteiger partial charge in [0.25, 0.3) is 10.0 Å². The lowest BCUT2D eigenvalue weighted by atomic mass is 10.1. The highest BCUT2D eigenvalue weighted by Crippen LogP contribution is 2.27. The Morgan fingerprint density at radius 3 is 2.47 bits per heavy atom. The Morgan fingerprint density at radius 1 is 1.06 bits per heavy atom. The van der Waals surface area contributed by atoms with E-state index in [1.54, 1.807) is 54.0 Å². The lowest BCUT2D eigenvalue weighted by Crippen LogP contribution is -2.36. The average Bonchev–Trinajstić information content (AvgIpc) is 3.13. The third-order valence-corrected chi connectivity index (χ3v) is 8.66. The van der Waals surface area contributed by atoms with Crippen LogP contribution < -0.4 is 9.18 Å². The third-order valence-electron chi connectivity index (χ3n) is 5.82. The highest BCUT2D eigenvalue weighted by Gasteiger charge is 2.25. The molecule has 0 N–H and O–H groups in total. The molecule has 1 amide bonds. The number of hydrogen-bond acceptors (Lipinski definition) is 5. The maximum absolute atomic E-state index is 13.3. The van der Waals surface area contributed by atoms with E-state index in [-0.39, 0.29) is 22.1 Å². The van der Waals surface area contributed by atoms with Crippen LogP contribution in [0.5, 0.6) is 0 Å². The number of thiazole rings is 1. The van der Waals surface area contributed by atoms with Crippen LogP contribution in [0.25, 0.3) is 10.2 Å². The van der Waals surface area contributed by atoms with Gasteiger partial charge in [-0.3, -0.25) is 18.5 Å². The molecule has 0 bridgehead atoms. The number of rotatable bonds is 7. The largest absolute Gasteiger partial charge is 0.343 e. The first-order valence-electron chi connectivity index (χ1n) is 10.9. The van der Waals surface area contributed by atoms with Crippen LogP contribution in [0.2, 0.25) is 0 Å². The predicted octanol–water partition coefficient (Wildman–Crippen LogP) is 3.68. The molecule has 2 heterocycles. The molecule has 1 saturated heterocycles. The fourth-order valence-electron chi connectivity index (χ4n) is 4.14. The zero-order valence-electron chi connectivity index (χ0n) is 18.1. The first kappa shape index (κ1) is 22.5. The van der Waals surface area contributed by atoms with Crippen molar-refractivity contribution in [2.75, 3.05) is 23.9 Å². The summed E-state index contributed by atoms with van der Waals surface area (Å²) in [6.45, 7) is 3.95. The molecule has 1 aliphatic rings. The molecule has 0 spiro atoms. The highest BCUT2D eigenvalue weighted by atomic mass is 32.2. The van der Waals surface area contributed by atoms with Crippen molar-refractivity contribution in [2.24, 2.45) is 0 Å². The lowest BCUT2D eigenvalue weighted by molar-refractivity contribution is -0.132.